The maximum Gasteiger partial charge on any atom is 0.156 e. The van der Waals surface area contributed by atoms with Gasteiger partial charge in [0.15, 0.2) is 5.82 Å². The van der Waals surface area contributed by atoms with Gasteiger partial charge in [-0.2, -0.15) is 5.10 Å². The van der Waals surface area contributed by atoms with Crippen LogP contribution in [0.5, 0.6) is 0 Å². The Bertz CT molecular complexity index is 381. The fraction of sp³-hybridized carbons (Fsp3) is 0.846. The highest BCUT2D eigenvalue weighted by Gasteiger charge is 2.27. The van der Waals surface area contributed by atoms with E-state index >= 15 is 0 Å². The fourth-order valence-corrected chi connectivity index (χ4v) is 2.45. The minimum Gasteiger partial charge on any atom is -0.328 e. The Morgan fingerprint density at radius 3 is 2.24 bits per heavy atom. The topological polar surface area (TPSA) is 56.7 Å². The lowest BCUT2D eigenvalue weighted by Gasteiger charge is -2.25. The Labute approximate surface area is 104 Å². The van der Waals surface area contributed by atoms with Crippen LogP contribution in [0.25, 0.3) is 0 Å². The van der Waals surface area contributed by atoms with E-state index in [-0.39, 0.29) is 5.41 Å². The van der Waals surface area contributed by atoms with E-state index in [1.807, 2.05) is 11.7 Å². The van der Waals surface area contributed by atoms with Crippen LogP contribution >= 0.6 is 0 Å². The molecule has 0 unspecified atom stereocenters. The minimum absolute atomic E-state index is 0.0288. The molecule has 1 aliphatic carbocycles. The van der Waals surface area contributed by atoms with Gasteiger partial charge < -0.3 is 5.73 Å². The highest BCUT2D eigenvalue weighted by atomic mass is 15.3. The summed E-state index contributed by atoms with van der Waals surface area (Å²) in [4.78, 5) is 4.74. The van der Waals surface area contributed by atoms with Crippen molar-refractivity contribution in [3.05, 3.63) is 11.6 Å². The largest absolute Gasteiger partial charge is 0.328 e. The van der Waals surface area contributed by atoms with Gasteiger partial charge in [0, 0.05) is 24.4 Å². The van der Waals surface area contributed by atoms with E-state index in [0.29, 0.717) is 12.0 Å². The van der Waals surface area contributed by atoms with E-state index < -0.39 is 0 Å². The third kappa shape index (κ3) is 2.68. The van der Waals surface area contributed by atoms with Crippen LogP contribution in [-0.4, -0.2) is 20.8 Å². The van der Waals surface area contributed by atoms with Crippen LogP contribution in [0.2, 0.25) is 0 Å². The molecule has 17 heavy (non-hydrogen) atoms. The Kier molecular flexibility index (Phi) is 3.25. The molecule has 1 aliphatic rings. The van der Waals surface area contributed by atoms with Gasteiger partial charge >= 0.3 is 0 Å². The van der Waals surface area contributed by atoms with Gasteiger partial charge in [0.2, 0.25) is 0 Å². The van der Waals surface area contributed by atoms with E-state index in [9.17, 15) is 0 Å². The number of nitrogens with two attached hydrogens (primary N) is 1. The van der Waals surface area contributed by atoms with Crippen molar-refractivity contribution in [3.8, 4) is 0 Å². The highest BCUT2D eigenvalue weighted by molar-refractivity contribution is 5.07. The van der Waals surface area contributed by atoms with E-state index in [4.69, 9.17) is 10.7 Å². The highest BCUT2D eigenvalue weighted by Crippen LogP contribution is 2.32. The molecule has 2 N–H and O–H groups in total. The third-order valence-electron chi connectivity index (χ3n) is 3.60. The normalized spacial score (nSPS) is 26.2. The van der Waals surface area contributed by atoms with Crippen LogP contribution in [0.4, 0.5) is 0 Å². The van der Waals surface area contributed by atoms with Gasteiger partial charge in [0.1, 0.15) is 5.82 Å². The van der Waals surface area contributed by atoms with E-state index in [0.717, 1.165) is 37.3 Å². The second-order valence-corrected chi connectivity index (χ2v) is 6.28. The molecular weight excluding hydrogens is 212 g/mol. The zero-order valence-electron chi connectivity index (χ0n) is 11.4. The predicted molar refractivity (Wildman–Crippen MR) is 68.9 cm³/mol. The van der Waals surface area contributed by atoms with Gasteiger partial charge in [-0.1, -0.05) is 20.8 Å². The fourth-order valence-electron chi connectivity index (χ4n) is 2.45. The van der Waals surface area contributed by atoms with Crippen molar-refractivity contribution < 1.29 is 0 Å². The van der Waals surface area contributed by atoms with Crippen molar-refractivity contribution in [2.45, 2.75) is 63.8 Å². The zero-order valence-corrected chi connectivity index (χ0v) is 11.4. The molecule has 0 atom stereocenters. The van der Waals surface area contributed by atoms with Gasteiger partial charge in [0.05, 0.1) is 0 Å². The van der Waals surface area contributed by atoms with Crippen LogP contribution in [-0.2, 0) is 12.5 Å². The lowest BCUT2D eigenvalue weighted by Crippen LogP contribution is -2.26. The van der Waals surface area contributed by atoms with Crippen LogP contribution < -0.4 is 5.73 Å². The molecule has 1 heterocycles. The van der Waals surface area contributed by atoms with Crippen LogP contribution in [0.3, 0.4) is 0 Å². The molecule has 4 nitrogen and oxygen atoms in total. The van der Waals surface area contributed by atoms with Crippen molar-refractivity contribution in [2.75, 3.05) is 0 Å². The monoisotopic (exact) mass is 236 g/mol. The first-order valence-corrected chi connectivity index (χ1v) is 6.55. The molecule has 2 rings (SSSR count). The maximum absolute atomic E-state index is 5.94. The summed E-state index contributed by atoms with van der Waals surface area (Å²) in [6, 6.07) is 0.390. The first-order chi connectivity index (χ1) is 7.88. The number of nitrogens with zero attached hydrogens (tertiary/aromatic N) is 3. The summed E-state index contributed by atoms with van der Waals surface area (Å²) in [6.45, 7) is 6.47. The summed E-state index contributed by atoms with van der Waals surface area (Å²) >= 11 is 0. The van der Waals surface area contributed by atoms with Crippen molar-refractivity contribution in [1.82, 2.24) is 14.8 Å². The quantitative estimate of drug-likeness (QED) is 0.812. The summed E-state index contributed by atoms with van der Waals surface area (Å²) in [5.41, 5.74) is 5.97. The van der Waals surface area contributed by atoms with Gasteiger partial charge in [-0.3, -0.25) is 4.68 Å². The van der Waals surface area contributed by atoms with E-state index in [2.05, 4.69) is 25.9 Å². The second kappa shape index (κ2) is 4.41. The Morgan fingerprint density at radius 1 is 1.18 bits per heavy atom. The van der Waals surface area contributed by atoms with Crippen molar-refractivity contribution >= 4 is 0 Å². The molecule has 0 aliphatic heterocycles. The lowest BCUT2D eigenvalue weighted by atomic mass is 9.86. The van der Waals surface area contributed by atoms with Crippen molar-refractivity contribution in [2.24, 2.45) is 12.8 Å². The summed E-state index contributed by atoms with van der Waals surface area (Å²) < 4.78 is 1.96. The second-order valence-electron chi connectivity index (χ2n) is 6.28. The minimum atomic E-state index is 0.0288. The zero-order chi connectivity index (χ0) is 12.6. The lowest BCUT2D eigenvalue weighted by molar-refractivity contribution is 0.377. The van der Waals surface area contributed by atoms with E-state index in [1.54, 1.807) is 0 Å². The number of aryl methyl sites for hydroxylation is 1. The van der Waals surface area contributed by atoms with Gasteiger partial charge in [-0.05, 0) is 25.7 Å². The molecule has 1 aromatic heterocycles. The maximum atomic E-state index is 5.94. The standard InChI is InChI=1S/C13H24N4/c1-13(2,3)12-15-11(17(4)16-12)9-5-7-10(14)8-6-9/h9-10H,5-8,14H2,1-4H3. The summed E-state index contributed by atoms with van der Waals surface area (Å²) in [6.07, 6.45) is 4.53. The first-order valence-electron chi connectivity index (χ1n) is 6.55. The molecule has 0 aromatic carbocycles. The number of hydrogen-bond donors (Lipinski definition) is 1. The Morgan fingerprint density at radius 2 is 1.76 bits per heavy atom. The Balaban J connectivity index is 2.19. The number of rotatable bonds is 1. The third-order valence-corrected chi connectivity index (χ3v) is 3.60. The molecule has 0 spiro atoms. The average molecular weight is 236 g/mol. The van der Waals surface area contributed by atoms with Gasteiger partial charge in [0.25, 0.3) is 0 Å². The Hall–Kier alpha value is -0.900. The van der Waals surface area contributed by atoms with E-state index in [1.165, 1.54) is 0 Å². The average Bonchev–Trinajstić information content (AvgIpc) is 2.61. The molecule has 1 aromatic rings. The number of hydrogen-bond acceptors (Lipinski definition) is 3. The number of aromatic nitrogens is 3. The molecule has 0 amide bonds. The van der Waals surface area contributed by atoms with Crippen molar-refractivity contribution in [3.63, 3.8) is 0 Å². The molecule has 4 heteroatoms. The molecule has 0 bridgehead atoms. The van der Waals surface area contributed by atoms with Crippen LogP contribution in [0, 0.1) is 0 Å². The predicted octanol–water partition coefficient (Wildman–Crippen LogP) is 2.10. The molecule has 0 saturated heterocycles. The summed E-state index contributed by atoms with van der Waals surface area (Å²) in [7, 11) is 2.01. The molecular formula is C13H24N4. The molecule has 1 fully saturated rings. The molecule has 0 radical (unpaired) electrons. The SMILES string of the molecule is Cn1nc(C(C)(C)C)nc1C1CCC(N)CC1. The van der Waals surface area contributed by atoms with Gasteiger partial charge in [-0.25, -0.2) is 4.98 Å². The van der Waals surface area contributed by atoms with Crippen LogP contribution in [0.1, 0.15) is 64.0 Å². The molecule has 96 valence electrons. The summed E-state index contributed by atoms with van der Waals surface area (Å²) in [5, 5.41) is 4.55. The summed E-state index contributed by atoms with van der Waals surface area (Å²) in [5.74, 6) is 2.63. The first kappa shape index (κ1) is 12.6. The van der Waals surface area contributed by atoms with Crippen molar-refractivity contribution in [1.29, 1.82) is 0 Å². The van der Waals surface area contributed by atoms with Crippen LogP contribution in [0.15, 0.2) is 0 Å². The smallest absolute Gasteiger partial charge is 0.156 e. The molecule has 1 saturated carbocycles. The van der Waals surface area contributed by atoms with Gasteiger partial charge in [-0.15, -0.1) is 0 Å².